The second-order valence-electron chi connectivity index (χ2n) is 6.13. The molecule has 0 saturated heterocycles. The lowest BCUT2D eigenvalue weighted by atomic mass is 10.0. The number of nitrogens with one attached hydrogen (secondary N) is 1. The van der Waals surface area contributed by atoms with Crippen molar-refractivity contribution in [2.75, 3.05) is 24.3 Å². The van der Waals surface area contributed by atoms with Gasteiger partial charge in [0, 0.05) is 20.1 Å². The molecule has 0 saturated carbocycles. The van der Waals surface area contributed by atoms with Crippen molar-refractivity contribution in [3.8, 4) is 0 Å². The quantitative estimate of drug-likeness (QED) is 0.576. The predicted molar refractivity (Wildman–Crippen MR) is 94.3 cm³/mol. The van der Waals surface area contributed by atoms with Crippen LogP contribution < -0.4 is 10.2 Å². The van der Waals surface area contributed by atoms with Gasteiger partial charge in [-0.05, 0) is 25.0 Å². The van der Waals surface area contributed by atoms with E-state index in [-0.39, 0.29) is 0 Å². The monoisotopic (exact) mass is 291 g/mol. The third kappa shape index (κ3) is 7.35. The van der Waals surface area contributed by atoms with Crippen LogP contribution in [0.5, 0.6) is 0 Å². The van der Waals surface area contributed by atoms with E-state index in [1.54, 1.807) is 0 Å². The zero-order chi connectivity index (χ0) is 15.5. The largest absolute Gasteiger partial charge is 0.381 e. The molecule has 0 aliphatic carbocycles. The van der Waals surface area contributed by atoms with Crippen molar-refractivity contribution in [3.05, 3.63) is 18.3 Å². The fourth-order valence-corrected chi connectivity index (χ4v) is 2.54. The fraction of sp³-hybridized carbons (Fsp3) is 0.722. The third-order valence-corrected chi connectivity index (χ3v) is 3.89. The van der Waals surface area contributed by atoms with Gasteiger partial charge in [0.2, 0.25) is 0 Å². The molecule has 0 unspecified atom stereocenters. The summed E-state index contributed by atoms with van der Waals surface area (Å²) in [6.45, 7) is 4.53. The van der Waals surface area contributed by atoms with E-state index in [4.69, 9.17) is 0 Å². The lowest BCUT2D eigenvalue weighted by Gasteiger charge is -2.20. The second-order valence-corrected chi connectivity index (χ2v) is 6.13. The Morgan fingerprint density at radius 1 is 1.00 bits per heavy atom. The summed E-state index contributed by atoms with van der Waals surface area (Å²) in [7, 11) is 4.04. The second kappa shape index (κ2) is 10.5. The zero-order valence-corrected chi connectivity index (χ0v) is 14.4. The lowest BCUT2D eigenvalue weighted by molar-refractivity contribution is 0.526. The van der Waals surface area contributed by atoms with Gasteiger partial charge >= 0.3 is 0 Å². The number of hydrogen-bond acceptors (Lipinski definition) is 3. The van der Waals surface area contributed by atoms with Gasteiger partial charge in [0.25, 0.3) is 0 Å². The SMILES string of the molecule is CCCCCC(CCCCC)Nc1ccc(N(C)C)nc1. The maximum Gasteiger partial charge on any atom is 0.128 e. The van der Waals surface area contributed by atoms with Gasteiger partial charge in [-0.15, -0.1) is 0 Å². The van der Waals surface area contributed by atoms with E-state index in [0.717, 1.165) is 11.5 Å². The highest BCUT2D eigenvalue weighted by atomic mass is 15.1. The van der Waals surface area contributed by atoms with E-state index < -0.39 is 0 Å². The van der Waals surface area contributed by atoms with E-state index in [9.17, 15) is 0 Å². The van der Waals surface area contributed by atoms with E-state index in [1.807, 2.05) is 25.2 Å². The molecular weight excluding hydrogens is 258 g/mol. The molecule has 1 aromatic rings. The summed E-state index contributed by atoms with van der Waals surface area (Å²) in [4.78, 5) is 6.52. The minimum absolute atomic E-state index is 0.593. The first-order valence-electron chi connectivity index (χ1n) is 8.57. The Balaban J connectivity index is 2.52. The number of pyridine rings is 1. The van der Waals surface area contributed by atoms with Crippen molar-refractivity contribution < 1.29 is 0 Å². The molecule has 1 N–H and O–H groups in total. The Bertz CT molecular complexity index is 349. The molecule has 0 spiro atoms. The lowest BCUT2D eigenvalue weighted by Crippen LogP contribution is -2.20. The molecule has 0 fully saturated rings. The first-order chi connectivity index (χ1) is 10.2. The number of anilines is 2. The van der Waals surface area contributed by atoms with Crippen molar-refractivity contribution in [3.63, 3.8) is 0 Å². The number of aromatic nitrogens is 1. The van der Waals surface area contributed by atoms with Gasteiger partial charge in [0.1, 0.15) is 5.82 Å². The number of unbranched alkanes of at least 4 members (excludes halogenated alkanes) is 4. The van der Waals surface area contributed by atoms with Crippen molar-refractivity contribution in [2.24, 2.45) is 0 Å². The van der Waals surface area contributed by atoms with Crippen LogP contribution in [-0.4, -0.2) is 25.1 Å². The van der Waals surface area contributed by atoms with Crippen LogP contribution >= 0.6 is 0 Å². The molecule has 0 amide bonds. The highest BCUT2D eigenvalue weighted by Crippen LogP contribution is 2.18. The minimum atomic E-state index is 0.593. The molecule has 0 aliphatic rings. The Labute approximate surface area is 131 Å². The van der Waals surface area contributed by atoms with E-state index in [0.29, 0.717) is 6.04 Å². The smallest absolute Gasteiger partial charge is 0.128 e. The van der Waals surface area contributed by atoms with Gasteiger partial charge in [-0.3, -0.25) is 0 Å². The fourth-order valence-electron chi connectivity index (χ4n) is 2.54. The Kier molecular flexibility index (Phi) is 8.88. The summed E-state index contributed by atoms with van der Waals surface area (Å²) < 4.78 is 0. The molecule has 1 aromatic heterocycles. The molecule has 3 heteroatoms. The maximum atomic E-state index is 4.49. The highest BCUT2D eigenvalue weighted by molar-refractivity contribution is 5.48. The van der Waals surface area contributed by atoms with Gasteiger partial charge in [-0.1, -0.05) is 52.4 Å². The van der Waals surface area contributed by atoms with E-state index in [1.165, 1.54) is 51.4 Å². The summed E-state index contributed by atoms with van der Waals surface area (Å²) >= 11 is 0. The van der Waals surface area contributed by atoms with Gasteiger partial charge in [-0.2, -0.15) is 0 Å². The molecule has 0 radical (unpaired) electrons. The Hall–Kier alpha value is -1.25. The molecule has 1 rings (SSSR count). The summed E-state index contributed by atoms with van der Waals surface area (Å²) in [6.07, 6.45) is 12.4. The highest BCUT2D eigenvalue weighted by Gasteiger charge is 2.08. The topological polar surface area (TPSA) is 28.2 Å². The predicted octanol–water partition coefficient (Wildman–Crippen LogP) is 5.09. The minimum Gasteiger partial charge on any atom is -0.381 e. The van der Waals surface area contributed by atoms with Gasteiger partial charge in [0.15, 0.2) is 0 Å². The van der Waals surface area contributed by atoms with Crippen LogP contribution in [0.4, 0.5) is 11.5 Å². The molecule has 1 heterocycles. The summed E-state index contributed by atoms with van der Waals surface area (Å²) in [5.41, 5.74) is 1.15. The van der Waals surface area contributed by atoms with Crippen molar-refractivity contribution in [2.45, 2.75) is 71.3 Å². The Morgan fingerprint density at radius 2 is 1.62 bits per heavy atom. The Morgan fingerprint density at radius 3 is 2.05 bits per heavy atom. The average molecular weight is 291 g/mol. The van der Waals surface area contributed by atoms with E-state index in [2.05, 4.69) is 36.3 Å². The summed E-state index contributed by atoms with van der Waals surface area (Å²) in [6, 6.07) is 4.82. The standard InChI is InChI=1S/C18H33N3/c1-5-7-9-11-16(12-10-8-6-2)20-17-13-14-18(19-15-17)21(3)4/h13-16,20H,5-12H2,1-4H3. The molecular formula is C18H33N3. The normalized spacial score (nSPS) is 10.9. The van der Waals surface area contributed by atoms with Crippen molar-refractivity contribution in [1.82, 2.24) is 4.98 Å². The van der Waals surface area contributed by atoms with Gasteiger partial charge < -0.3 is 10.2 Å². The molecule has 0 aromatic carbocycles. The van der Waals surface area contributed by atoms with Crippen LogP contribution in [0.3, 0.4) is 0 Å². The van der Waals surface area contributed by atoms with Crippen LogP contribution in [0.1, 0.15) is 65.2 Å². The number of rotatable bonds is 11. The van der Waals surface area contributed by atoms with Crippen LogP contribution in [-0.2, 0) is 0 Å². The van der Waals surface area contributed by atoms with Crippen molar-refractivity contribution in [1.29, 1.82) is 0 Å². The maximum absolute atomic E-state index is 4.49. The zero-order valence-electron chi connectivity index (χ0n) is 14.4. The molecule has 0 atom stereocenters. The third-order valence-electron chi connectivity index (χ3n) is 3.89. The number of nitrogens with zero attached hydrogens (tertiary/aromatic N) is 2. The summed E-state index contributed by atoms with van der Waals surface area (Å²) in [5.74, 6) is 1.01. The van der Waals surface area contributed by atoms with Gasteiger partial charge in [0.05, 0.1) is 11.9 Å². The van der Waals surface area contributed by atoms with E-state index >= 15 is 0 Å². The molecule has 0 aliphatic heterocycles. The first-order valence-corrected chi connectivity index (χ1v) is 8.57. The molecule has 120 valence electrons. The molecule has 0 bridgehead atoms. The van der Waals surface area contributed by atoms with Crippen LogP contribution in [0.15, 0.2) is 18.3 Å². The van der Waals surface area contributed by atoms with Gasteiger partial charge in [-0.25, -0.2) is 4.98 Å². The van der Waals surface area contributed by atoms with Crippen LogP contribution in [0, 0.1) is 0 Å². The first kappa shape index (κ1) is 17.8. The number of hydrogen-bond donors (Lipinski definition) is 1. The summed E-state index contributed by atoms with van der Waals surface area (Å²) in [5, 5.41) is 3.68. The molecule has 21 heavy (non-hydrogen) atoms. The van der Waals surface area contributed by atoms with Crippen molar-refractivity contribution >= 4 is 11.5 Å². The average Bonchev–Trinajstić information content (AvgIpc) is 2.48. The van der Waals surface area contributed by atoms with Crippen LogP contribution in [0.25, 0.3) is 0 Å². The van der Waals surface area contributed by atoms with Crippen LogP contribution in [0.2, 0.25) is 0 Å². The molecule has 3 nitrogen and oxygen atoms in total.